The minimum Gasteiger partial charge on any atom is -0.388 e. The fourth-order valence-electron chi connectivity index (χ4n) is 14.5. The quantitative estimate of drug-likeness (QED) is 0.0362. The SMILES string of the molecule is CC[C@H]1OC(=O)[C@H](C)[C@@H](O[C@H]2C[C@@](C)(OC)[C@@H](O)[C@H](C)O2)[C@H](C)[C@@H](O[C@@H]2O[C@H](C)C[C@H](N(C)C)[C@H]2O)[C@](C)(O)C[C@@H](C)CN(C(=O)CCCCCCCCCCCP(Cl)(c2cccc(C)c2)(c2cccc(C)c2)c2cccc(C)c2)[C@H](C)[C@@H](O)[C@]1(C)O. The first-order chi connectivity index (χ1) is 40.8. The third-order valence-electron chi connectivity index (χ3n) is 19.8. The Morgan fingerprint density at radius 2 is 1.26 bits per heavy atom. The molecule has 492 valence electrons. The largest absolute Gasteiger partial charge is 0.388 e. The van der Waals surface area contributed by atoms with Crippen LogP contribution < -0.4 is 15.9 Å². The summed E-state index contributed by atoms with van der Waals surface area (Å²) in [6.07, 6.45) is 0.315. The van der Waals surface area contributed by atoms with Crippen molar-refractivity contribution in [1.82, 2.24) is 9.80 Å². The van der Waals surface area contributed by atoms with E-state index in [1.165, 1.54) is 46.6 Å². The summed E-state index contributed by atoms with van der Waals surface area (Å²) < 4.78 is 38.3. The van der Waals surface area contributed by atoms with Gasteiger partial charge >= 0.3 is 226 Å². The van der Waals surface area contributed by atoms with Gasteiger partial charge in [-0.05, 0) is 87.7 Å². The first-order valence-corrected chi connectivity index (χ1v) is 35.9. The van der Waals surface area contributed by atoms with Crippen molar-refractivity contribution in [3.8, 4) is 0 Å². The Morgan fingerprint density at radius 1 is 0.747 bits per heavy atom. The Morgan fingerprint density at radius 3 is 1.76 bits per heavy atom. The van der Waals surface area contributed by atoms with Gasteiger partial charge in [-0.25, -0.2) is 0 Å². The molecule has 1 amide bonds. The maximum absolute atomic E-state index is 14.7. The smallest absolute Gasteiger partial charge is 0.126 e. The maximum atomic E-state index is 14.7. The van der Waals surface area contributed by atoms with Gasteiger partial charge in [0.15, 0.2) is 12.6 Å². The third kappa shape index (κ3) is 17.1. The molecule has 15 nitrogen and oxygen atoms in total. The zero-order valence-corrected chi connectivity index (χ0v) is 57.3. The number of aryl methyl sites for hydroxylation is 3. The minimum absolute atomic E-state index is 0.0650. The van der Waals surface area contributed by atoms with Gasteiger partial charge in [0.2, 0.25) is 0 Å². The zero-order valence-electron chi connectivity index (χ0n) is 55.6. The number of rotatable bonds is 22. The number of cyclic esters (lactones) is 1. The van der Waals surface area contributed by atoms with Crippen LogP contribution in [-0.2, 0) is 38.0 Å². The number of carbonyl (C=O) groups excluding carboxylic acids is 2. The van der Waals surface area contributed by atoms with Gasteiger partial charge in [-0.3, -0.25) is 9.59 Å². The number of amides is 1. The Kier molecular flexibility index (Phi) is 26.0. The Bertz CT molecular complexity index is 2560. The molecule has 6 rings (SSSR count). The number of likely N-dealkylation sites (N-methyl/N-ethyl adjacent to an activating group) is 1. The number of esters is 1. The van der Waals surface area contributed by atoms with Crippen LogP contribution >= 0.6 is 17.2 Å². The summed E-state index contributed by atoms with van der Waals surface area (Å²) in [5.41, 5.74) is -1.23. The Hall–Kier alpha value is -3.12. The van der Waals surface area contributed by atoms with Crippen LogP contribution in [0.3, 0.4) is 0 Å². The molecule has 17 heteroatoms. The molecular weight excluding hydrogens is 1140 g/mol. The molecule has 18 atom stereocenters. The van der Waals surface area contributed by atoms with Crippen molar-refractivity contribution in [1.29, 1.82) is 0 Å². The first-order valence-electron chi connectivity index (χ1n) is 32.6. The van der Waals surface area contributed by atoms with E-state index in [-0.39, 0.29) is 50.3 Å². The van der Waals surface area contributed by atoms with Crippen LogP contribution in [0.5, 0.6) is 0 Å². The summed E-state index contributed by atoms with van der Waals surface area (Å²) in [5, 5.41) is 64.3. The second-order valence-corrected chi connectivity index (χ2v) is 34.2. The molecule has 3 heterocycles. The fraction of sp³-hybridized carbons (Fsp3) is 0.714. The van der Waals surface area contributed by atoms with Crippen LogP contribution in [-0.4, -0.2) is 171 Å². The molecule has 0 unspecified atom stereocenters. The van der Waals surface area contributed by atoms with Gasteiger partial charge in [-0.15, -0.1) is 0 Å². The number of hydrogen-bond acceptors (Lipinski definition) is 14. The number of aliphatic hydroxyl groups excluding tert-OH is 3. The van der Waals surface area contributed by atoms with E-state index in [9.17, 15) is 35.1 Å². The summed E-state index contributed by atoms with van der Waals surface area (Å²) in [5.74, 6) is -6.71. The van der Waals surface area contributed by atoms with Crippen molar-refractivity contribution in [3.05, 3.63) is 89.5 Å². The standard InChI is InChI=1S/C70H112ClN2O13P/c1-17-58-70(13,80)63(76)52(9)73(59(74)36-25-23-21-19-18-20-22-24-26-37-87(71,54-33-27-30-45(2)38-54,55-34-28-31-46(3)39-55)56-35-29-32-47(4)40-56)44-48(5)42-68(11,79)65(86-67-61(75)57(72(14)15)41-49(6)82-67)50(7)62(51(8)66(78)84-58)85-60-43-69(12,81-16)64(77)53(10)83-60/h27-35,38-40,48-53,57-58,60-65,67,75-77,79-80H,17-26,36-37,41-44H2,1-16H3/t48-,49-,50+,51-,52-,53+,57+,58-,60+,61-,62+,63-,64+,65-,67+,68-,69-,70-/m1/s1. The number of methoxy groups -OCH3 is 1. The molecule has 3 aliphatic rings. The Balaban J connectivity index is 1.16. The van der Waals surface area contributed by atoms with Crippen molar-refractivity contribution in [3.63, 3.8) is 0 Å². The van der Waals surface area contributed by atoms with Gasteiger partial charge in [0.1, 0.15) is 30.0 Å². The molecule has 3 aliphatic heterocycles. The van der Waals surface area contributed by atoms with Crippen molar-refractivity contribution >= 4 is 45.0 Å². The average molecular weight is 1260 g/mol. The number of benzene rings is 3. The van der Waals surface area contributed by atoms with Crippen LogP contribution in [0.15, 0.2) is 72.8 Å². The zero-order chi connectivity index (χ0) is 64.4. The maximum Gasteiger partial charge on any atom is 0.126 e. The molecular formula is C70H112ClN2O13P. The second kappa shape index (κ2) is 31.0. The van der Waals surface area contributed by atoms with E-state index in [1.54, 1.807) is 53.4 Å². The van der Waals surface area contributed by atoms with Crippen LogP contribution in [0.1, 0.15) is 176 Å². The monoisotopic (exact) mass is 1250 g/mol. The molecule has 0 aliphatic carbocycles. The first kappa shape index (κ1) is 72.9. The normalized spacial score (nSPS) is 34.8. The van der Waals surface area contributed by atoms with Crippen molar-refractivity contribution in [2.45, 2.75) is 270 Å². The molecule has 0 saturated carbocycles. The van der Waals surface area contributed by atoms with Crippen molar-refractivity contribution < 1.29 is 63.5 Å². The van der Waals surface area contributed by atoms with Gasteiger partial charge < -0.3 is 63.8 Å². The summed E-state index contributed by atoms with van der Waals surface area (Å²) in [4.78, 5) is 32.9. The second-order valence-electron chi connectivity index (χ2n) is 27.6. The number of ether oxygens (including phenoxy) is 6. The predicted octanol–water partition coefficient (Wildman–Crippen LogP) is 10.3. The molecule has 0 radical (unpaired) electrons. The molecule has 0 aromatic heterocycles. The van der Waals surface area contributed by atoms with E-state index < -0.39 is 108 Å². The summed E-state index contributed by atoms with van der Waals surface area (Å²) in [6, 6.07) is 25.2. The number of aliphatic hydroxyl groups is 5. The predicted molar refractivity (Wildman–Crippen MR) is 350 cm³/mol. The van der Waals surface area contributed by atoms with Gasteiger partial charge in [-0.2, -0.15) is 0 Å². The van der Waals surface area contributed by atoms with Crippen LogP contribution in [0.25, 0.3) is 0 Å². The van der Waals surface area contributed by atoms with E-state index in [0.717, 1.165) is 57.5 Å². The van der Waals surface area contributed by atoms with E-state index in [0.29, 0.717) is 12.8 Å². The van der Waals surface area contributed by atoms with E-state index in [1.807, 2.05) is 32.8 Å². The molecule has 5 N–H and O–H groups in total. The summed E-state index contributed by atoms with van der Waals surface area (Å²) in [7, 11) is 5.26. The van der Waals surface area contributed by atoms with Crippen molar-refractivity contribution in [2.24, 2.45) is 17.8 Å². The van der Waals surface area contributed by atoms with Gasteiger partial charge in [-0.1, -0.05) is 20.8 Å². The molecule has 3 aromatic rings. The number of unbranched alkanes of at least 4 members (excludes halogenated alkanes) is 8. The molecule has 3 aromatic carbocycles. The number of nitrogens with zero attached hydrogens (tertiary/aromatic N) is 2. The van der Waals surface area contributed by atoms with Gasteiger partial charge in [0.05, 0.1) is 47.6 Å². The molecule has 0 bridgehead atoms. The van der Waals surface area contributed by atoms with Crippen molar-refractivity contribution in [2.75, 3.05) is 33.9 Å². The number of hydrogen-bond donors (Lipinski definition) is 5. The average Bonchev–Trinajstić information content (AvgIpc) is 0.738. The van der Waals surface area contributed by atoms with E-state index in [2.05, 4.69) is 93.6 Å². The molecule has 0 spiro atoms. The van der Waals surface area contributed by atoms with Gasteiger partial charge in [0.25, 0.3) is 0 Å². The van der Waals surface area contributed by atoms with E-state index in [4.69, 9.17) is 39.7 Å². The van der Waals surface area contributed by atoms with Gasteiger partial charge in [0, 0.05) is 32.0 Å². The molecule has 87 heavy (non-hydrogen) atoms. The van der Waals surface area contributed by atoms with Crippen LogP contribution in [0.2, 0.25) is 0 Å². The van der Waals surface area contributed by atoms with E-state index >= 15 is 0 Å². The summed E-state index contributed by atoms with van der Waals surface area (Å²) >= 11 is 8.52. The fourth-order valence-corrected chi connectivity index (χ4v) is 20.9. The molecule has 3 fully saturated rings. The van der Waals surface area contributed by atoms with Crippen LogP contribution in [0, 0.1) is 38.5 Å². The van der Waals surface area contributed by atoms with Crippen LogP contribution in [0.4, 0.5) is 0 Å². The topological polar surface area (TPSA) is 197 Å². The third-order valence-corrected chi connectivity index (χ3v) is 27.3. The molecule has 3 saturated heterocycles. The Labute approximate surface area is 527 Å². The number of carbonyl (C=O) groups is 2. The summed E-state index contributed by atoms with van der Waals surface area (Å²) in [6.45, 7) is 23.9. The minimum atomic E-state index is -3.40. The number of halogens is 1.